The van der Waals surface area contributed by atoms with Crippen LogP contribution in [0.4, 0.5) is 0 Å². The molecule has 0 aromatic heterocycles. The number of benzene rings is 2. The first-order valence-electron chi connectivity index (χ1n) is 9.29. The first kappa shape index (κ1) is 21.7. The Hall–Kier alpha value is -3.03. The van der Waals surface area contributed by atoms with Crippen molar-refractivity contribution in [3.05, 3.63) is 64.2 Å². The van der Waals surface area contributed by atoms with Crippen LogP contribution in [-0.2, 0) is 14.3 Å². The minimum Gasteiger partial charge on any atom is -0.508 e. The fourth-order valence-electron chi connectivity index (χ4n) is 3.46. The molecule has 2 N–H and O–H groups in total. The van der Waals surface area contributed by atoms with Gasteiger partial charge in [0.2, 0.25) is 0 Å². The molecule has 0 aliphatic carbocycles. The number of aliphatic hydroxyl groups is 1. The molecule has 1 fully saturated rings. The molecule has 7 nitrogen and oxygen atoms in total. The molecule has 1 aliphatic heterocycles. The van der Waals surface area contributed by atoms with Crippen LogP contribution in [-0.4, -0.2) is 54.2 Å². The monoisotopic (exact) mass is 431 g/mol. The van der Waals surface area contributed by atoms with Gasteiger partial charge in [-0.25, -0.2) is 0 Å². The fraction of sp³-hybridized carbons (Fsp3) is 0.273. The second kappa shape index (κ2) is 9.19. The van der Waals surface area contributed by atoms with Gasteiger partial charge in [-0.2, -0.15) is 0 Å². The average Bonchev–Trinajstić information content (AvgIpc) is 2.99. The Morgan fingerprint density at radius 1 is 1.13 bits per heavy atom. The highest BCUT2D eigenvalue weighted by atomic mass is 35.5. The maximum Gasteiger partial charge on any atom is 0.295 e. The third kappa shape index (κ3) is 4.13. The van der Waals surface area contributed by atoms with E-state index in [1.807, 2.05) is 0 Å². The molecule has 1 aliphatic rings. The summed E-state index contributed by atoms with van der Waals surface area (Å²) in [5.74, 6) is -1.42. The number of carbonyl (C=O) groups excluding carboxylic acids is 2. The van der Waals surface area contributed by atoms with Gasteiger partial charge in [-0.15, -0.1) is 0 Å². The molecule has 0 spiro atoms. The van der Waals surface area contributed by atoms with Gasteiger partial charge in [0.25, 0.3) is 11.7 Å². The Morgan fingerprint density at radius 2 is 1.83 bits per heavy atom. The van der Waals surface area contributed by atoms with Crippen LogP contribution in [0.3, 0.4) is 0 Å². The Kier molecular flexibility index (Phi) is 6.64. The van der Waals surface area contributed by atoms with Crippen LogP contribution in [0.25, 0.3) is 5.76 Å². The molecule has 0 radical (unpaired) electrons. The molecule has 8 heteroatoms. The Morgan fingerprint density at radius 3 is 2.47 bits per heavy atom. The van der Waals surface area contributed by atoms with Crippen LogP contribution < -0.4 is 4.74 Å². The van der Waals surface area contributed by atoms with Gasteiger partial charge in [0.1, 0.15) is 17.3 Å². The number of Topliss-reactive ketones (excluding diaryl/α,β-unsaturated/α-hetero) is 1. The highest BCUT2D eigenvalue weighted by Crippen LogP contribution is 2.40. The topological polar surface area (TPSA) is 96.3 Å². The lowest BCUT2D eigenvalue weighted by molar-refractivity contribution is -0.140. The lowest BCUT2D eigenvalue weighted by Crippen LogP contribution is -2.31. The van der Waals surface area contributed by atoms with Crippen LogP contribution in [0, 0.1) is 0 Å². The zero-order chi connectivity index (χ0) is 21.8. The fourth-order valence-corrected chi connectivity index (χ4v) is 3.65. The van der Waals surface area contributed by atoms with E-state index >= 15 is 0 Å². The largest absolute Gasteiger partial charge is 0.508 e. The number of phenols is 1. The van der Waals surface area contributed by atoms with E-state index in [0.717, 1.165) is 0 Å². The molecule has 1 atom stereocenters. The number of hydrogen-bond donors (Lipinski definition) is 2. The highest BCUT2D eigenvalue weighted by molar-refractivity contribution is 6.46. The van der Waals surface area contributed by atoms with Gasteiger partial charge in [-0.1, -0.05) is 23.7 Å². The summed E-state index contributed by atoms with van der Waals surface area (Å²) < 4.78 is 10.2. The van der Waals surface area contributed by atoms with E-state index in [4.69, 9.17) is 21.1 Å². The summed E-state index contributed by atoms with van der Waals surface area (Å²) >= 11 is 6.06. The first-order valence-corrected chi connectivity index (χ1v) is 9.67. The second-order valence-electron chi connectivity index (χ2n) is 6.78. The Bertz CT molecular complexity index is 986. The molecule has 0 saturated carbocycles. The van der Waals surface area contributed by atoms with Gasteiger partial charge >= 0.3 is 0 Å². The zero-order valence-corrected chi connectivity index (χ0v) is 17.3. The first-order chi connectivity index (χ1) is 14.4. The summed E-state index contributed by atoms with van der Waals surface area (Å²) in [5.41, 5.74) is 0.856. The summed E-state index contributed by atoms with van der Waals surface area (Å²) in [6.45, 7) is 0.685. The number of halogens is 1. The van der Waals surface area contributed by atoms with Crippen molar-refractivity contribution in [2.24, 2.45) is 0 Å². The smallest absolute Gasteiger partial charge is 0.295 e. The van der Waals surface area contributed by atoms with Gasteiger partial charge in [0, 0.05) is 25.8 Å². The lowest BCUT2D eigenvalue weighted by atomic mass is 9.95. The molecular formula is C22H22ClNO6. The lowest BCUT2D eigenvalue weighted by Gasteiger charge is -2.25. The summed E-state index contributed by atoms with van der Waals surface area (Å²) in [6, 6.07) is 9.96. The van der Waals surface area contributed by atoms with Crippen LogP contribution in [0.1, 0.15) is 23.6 Å². The van der Waals surface area contributed by atoms with Crippen LogP contribution in [0.15, 0.2) is 48.0 Å². The normalized spacial score (nSPS) is 18.1. The van der Waals surface area contributed by atoms with Crippen molar-refractivity contribution in [1.82, 2.24) is 4.90 Å². The molecule has 158 valence electrons. The number of hydrogen-bond acceptors (Lipinski definition) is 6. The second-order valence-corrected chi connectivity index (χ2v) is 7.19. The number of nitrogens with zero attached hydrogens (tertiary/aromatic N) is 1. The molecule has 1 unspecified atom stereocenters. The van der Waals surface area contributed by atoms with Crippen molar-refractivity contribution in [3.8, 4) is 11.5 Å². The van der Waals surface area contributed by atoms with Crippen molar-refractivity contribution in [2.75, 3.05) is 27.4 Å². The van der Waals surface area contributed by atoms with E-state index in [1.54, 1.807) is 31.4 Å². The number of phenolic OH excluding ortho intramolecular Hbond substituents is 1. The van der Waals surface area contributed by atoms with Gasteiger partial charge < -0.3 is 24.6 Å². The minimum absolute atomic E-state index is 0.0347. The van der Waals surface area contributed by atoms with E-state index in [0.29, 0.717) is 34.9 Å². The molecule has 2 aromatic carbocycles. The number of ketones is 1. The van der Waals surface area contributed by atoms with E-state index in [-0.39, 0.29) is 23.6 Å². The van der Waals surface area contributed by atoms with Crippen LogP contribution >= 0.6 is 11.6 Å². The van der Waals surface area contributed by atoms with E-state index in [2.05, 4.69) is 0 Å². The van der Waals surface area contributed by atoms with E-state index < -0.39 is 17.7 Å². The van der Waals surface area contributed by atoms with Crippen molar-refractivity contribution in [3.63, 3.8) is 0 Å². The molecule has 30 heavy (non-hydrogen) atoms. The molecular weight excluding hydrogens is 410 g/mol. The third-order valence-electron chi connectivity index (χ3n) is 4.92. The van der Waals surface area contributed by atoms with Gasteiger partial charge in [-0.3, -0.25) is 9.59 Å². The molecule has 1 amide bonds. The summed E-state index contributed by atoms with van der Waals surface area (Å²) in [5, 5.41) is 21.0. The number of carbonyl (C=O) groups is 2. The van der Waals surface area contributed by atoms with Crippen molar-refractivity contribution < 1.29 is 29.3 Å². The number of likely N-dealkylation sites (tertiary alicyclic amines) is 1. The third-order valence-corrected chi connectivity index (χ3v) is 5.23. The predicted octanol–water partition coefficient (Wildman–Crippen LogP) is 3.51. The quantitative estimate of drug-likeness (QED) is 0.301. The van der Waals surface area contributed by atoms with Gasteiger partial charge in [0.05, 0.1) is 23.7 Å². The number of rotatable bonds is 7. The number of aromatic hydroxyl groups is 1. The minimum atomic E-state index is -0.802. The number of aliphatic hydroxyl groups excluding tert-OH is 1. The molecule has 1 saturated heterocycles. The SMILES string of the molecule is COCCCN1C(=O)C(=O)/C(=C(\O)c2ccc(Cl)c(OC)c2)C1c1ccc(O)cc1. The highest BCUT2D eigenvalue weighted by Gasteiger charge is 2.45. The molecule has 3 rings (SSSR count). The Balaban J connectivity index is 2.13. The van der Waals surface area contributed by atoms with Gasteiger partial charge in [0.15, 0.2) is 0 Å². The maximum atomic E-state index is 12.9. The van der Waals surface area contributed by atoms with Crippen LogP contribution in [0.5, 0.6) is 11.5 Å². The number of methoxy groups -OCH3 is 2. The van der Waals surface area contributed by atoms with E-state index in [1.165, 1.54) is 30.2 Å². The summed E-state index contributed by atoms with van der Waals surface area (Å²) in [4.78, 5) is 27.1. The standard InChI is InChI=1S/C22H22ClNO6/c1-29-11-3-10-24-19(13-4-7-15(25)8-5-13)18(21(27)22(24)28)20(26)14-6-9-16(23)17(12-14)30-2/h4-9,12,19,25-26H,3,10-11H2,1-2H3/b20-18-. The zero-order valence-electron chi connectivity index (χ0n) is 16.6. The average molecular weight is 432 g/mol. The maximum absolute atomic E-state index is 12.9. The predicted molar refractivity (Wildman–Crippen MR) is 112 cm³/mol. The van der Waals surface area contributed by atoms with Gasteiger partial charge in [-0.05, 0) is 42.3 Å². The number of amides is 1. The Labute approximate surface area is 179 Å². The van der Waals surface area contributed by atoms with E-state index in [9.17, 15) is 19.8 Å². The van der Waals surface area contributed by atoms with Crippen molar-refractivity contribution >= 4 is 29.1 Å². The van der Waals surface area contributed by atoms with Crippen molar-refractivity contribution in [2.45, 2.75) is 12.5 Å². The molecule has 0 bridgehead atoms. The van der Waals surface area contributed by atoms with Crippen LogP contribution in [0.2, 0.25) is 5.02 Å². The van der Waals surface area contributed by atoms with Crippen molar-refractivity contribution in [1.29, 1.82) is 0 Å². The molecule has 2 aromatic rings. The number of ether oxygens (including phenoxy) is 2. The molecule has 1 heterocycles. The summed E-state index contributed by atoms with van der Waals surface area (Å²) in [6.07, 6.45) is 0.521. The summed E-state index contributed by atoms with van der Waals surface area (Å²) in [7, 11) is 3.00.